The van der Waals surface area contributed by atoms with Gasteiger partial charge in [0.1, 0.15) is 11.7 Å². The maximum Gasteiger partial charge on any atom is 0.128 e. The van der Waals surface area contributed by atoms with Crippen LogP contribution in [0.1, 0.15) is 22.5 Å². The Hall–Kier alpha value is -4.00. The summed E-state index contributed by atoms with van der Waals surface area (Å²) in [6.45, 7) is 3.46. The van der Waals surface area contributed by atoms with Crippen molar-refractivity contribution in [3.63, 3.8) is 0 Å². The van der Waals surface area contributed by atoms with E-state index in [0.29, 0.717) is 0 Å². The Bertz CT molecular complexity index is 1400. The van der Waals surface area contributed by atoms with Crippen LogP contribution >= 0.6 is 0 Å². The van der Waals surface area contributed by atoms with Gasteiger partial charge in [-0.25, -0.2) is 0 Å². The molecule has 4 aromatic rings. The average molecular weight is 409 g/mol. The molecule has 0 saturated carbocycles. The number of rotatable bonds is 4. The molecule has 0 unspecified atom stereocenters. The number of nitrogen functional groups attached to an aromatic ring is 1. The highest BCUT2D eigenvalue weighted by Crippen LogP contribution is 2.28. The first-order chi connectivity index (χ1) is 15.2. The minimum absolute atomic E-state index is 0.753. The summed E-state index contributed by atoms with van der Waals surface area (Å²) in [5.41, 5.74) is 13.4. The molecule has 2 aliphatic heterocycles. The molecule has 2 aromatic carbocycles. The summed E-state index contributed by atoms with van der Waals surface area (Å²) < 4.78 is 0. The highest BCUT2D eigenvalue weighted by atomic mass is 15.1. The second-order valence-corrected chi connectivity index (χ2v) is 7.89. The molecule has 154 valence electrons. The number of benzene rings is 2. The number of anilines is 1. The first kappa shape index (κ1) is 17.8. The number of H-pyrrole nitrogens is 2. The molecule has 6 N–H and O–H groups in total. The molecule has 0 radical (unpaired) electrons. The first-order valence-electron chi connectivity index (χ1n) is 10.5. The van der Waals surface area contributed by atoms with Crippen LogP contribution in [0.2, 0.25) is 0 Å². The molecule has 31 heavy (non-hydrogen) atoms. The smallest absolute Gasteiger partial charge is 0.128 e. The quantitative estimate of drug-likeness (QED) is 0.358. The van der Waals surface area contributed by atoms with Gasteiger partial charge < -0.3 is 26.3 Å². The second-order valence-electron chi connectivity index (χ2n) is 7.89. The highest BCUT2D eigenvalue weighted by molar-refractivity contribution is 6.05. The minimum Gasteiger partial charge on any atom is -0.396 e. The Morgan fingerprint density at radius 1 is 0.774 bits per heavy atom. The molecule has 6 rings (SSSR count). The van der Waals surface area contributed by atoms with E-state index in [2.05, 4.69) is 79.1 Å². The van der Waals surface area contributed by atoms with E-state index < -0.39 is 0 Å². The molecule has 4 heterocycles. The fourth-order valence-electron chi connectivity index (χ4n) is 4.26. The third kappa shape index (κ3) is 3.15. The molecule has 0 aliphatic carbocycles. The van der Waals surface area contributed by atoms with Crippen molar-refractivity contribution in [3.8, 4) is 0 Å². The number of nitrogens with zero attached hydrogens (tertiary/aromatic N) is 2. The van der Waals surface area contributed by atoms with Crippen molar-refractivity contribution in [1.82, 2.24) is 20.6 Å². The van der Waals surface area contributed by atoms with Crippen molar-refractivity contribution >= 4 is 51.3 Å². The van der Waals surface area contributed by atoms with Crippen LogP contribution in [-0.4, -0.2) is 47.8 Å². The van der Waals surface area contributed by atoms with Crippen LogP contribution in [0.3, 0.4) is 0 Å². The van der Waals surface area contributed by atoms with Crippen molar-refractivity contribution in [3.05, 3.63) is 65.0 Å². The van der Waals surface area contributed by atoms with Gasteiger partial charge in [0.05, 0.1) is 24.5 Å². The summed E-state index contributed by atoms with van der Waals surface area (Å²) in [7, 11) is 0. The molecule has 7 heteroatoms. The van der Waals surface area contributed by atoms with Crippen LogP contribution in [0, 0.1) is 0 Å². The molecule has 0 saturated heterocycles. The Balaban J connectivity index is 1.30. The predicted molar refractivity (Wildman–Crippen MR) is 129 cm³/mol. The largest absolute Gasteiger partial charge is 0.396 e. The summed E-state index contributed by atoms with van der Waals surface area (Å²) in [6, 6.07) is 14.7. The van der Waals surface area contributed by atoms with Crippen LogP contribution in [0.5, 0.6) is 0 Å². The lowest BCUT2D eigenvalue weighted by molar-refractivity contribution is 0.960. The molecule has 0 atom stereocenters. The standard InChI is InChI=1S/C24H23N7/c25-22-18-5-3-16(24-28-9-10-29-24)13-21(18)31-19(22)6-4-17-11-14-1-2-15(12-20(14)30-17)23-26-7-8-27-23/h1-6,11-13,30-31H,7-10,25H2,(H,26,27)(H,28,29)/b6-4+. The van der Waals surface area contributed by atoms with E-state index in [0.717, 1.165) is 82.5 Å². The van der Waals surface area contributed by atoms with Crippen molar-refractivity contribution in [2.24, 2.45) is 9.98 Å². The van der Waals surface area contributed by atoms with Gasteiger partial charge in [0.2, 0.25) is 0 Å². The molecule has 0 amide bonds. The molecule has 2 aliphatic rings. The number of aromatic nitrogens is 2. The van der Waals surface area contributed by atoms with E-state index in [4.69, 9.17) is 5.73 Å². The van der Waals surface area contributed by atoms with E-state index >= 15 is 0 Å². The number of hydrogen-bond donors (Lipinski definition) is 5. The maximum absolute atomic E-state index is 6.41. The summed E-state index contributed by atoms with van der Waals surface area (Å²) >= 11 is 0. The maximum atomic E-state index is 6.41. The number of nitrogens with two attached hydrogens (primary N) is 1. The zero-order valence-corrected chi connectivity index (χ0v) is 17.0. The van der Waals surface area contributed by atoms with Crippen molar-refractivity contribution in [2.75, 3.05) is 31.9 Å². The van der Waals surface area contributed by atoms with Crippen LogP contribution in [0.15, 0.2) is 52.4 Å². The van der Waals surface area contributed by atoms with E-state index in [1.807, 2.05) is 6.08 Å². The lowest BCUT2D eigenvalue weighted by Crippen LogP contribution is -2.19. The van der Waals surface area contributed by atoms with Crippen LogP contribution in [-0.2, 0) is 0 Å². The second kappa shape index (κ2) is 7.05. The summed E-state index contributed by atoms with van der Waals surface area (Å²) in [6.07, 6.45) is 4.07. The summed E-state index contributed by atoms with van der Waals surface area (Å²) in [5, 5.41) is 8.83. The van der Waals surface area contributed by atoms with Crippen molar-refractivity contribution in [2.45, 2.75) is 0 Å². The Morgan fingerprint density at radius 3 is 2.19 bits per heavy atom. The Labute approximate surface area is 179 Å². The van der Waals surface area contributed by atoms with Gasteiger partial charge in [0.15, 0.2) is 0 Å². The monoisotopic (exact) mass is 409 g/mol. The zero-order chi connectivity index (χ0) is 20.8. The lowest BCUT2D eigenvalue weighted by atomic mass is 10.1. The lowest BCUT2D eigenvalue weighted by Gasteiger charge is -2.02. The van der Waals surface area contributed by atoms with Gasteiger partial charge in [-0.3, -0.25) is 9.98 Å². The van der Waals surface area contributed by atoms with E-state index in [-0.39, 0.29) is 0 Å². The molecular formula is C24H23N7. The molecule has 0 bridgehead atoms. The molecule has 2 aromatic heterocycles. The van der Waals surface area contributed by atoms with E-state index in [1.165, 1.54) is 5.39 Å². The van der Waals surface area contributed by atoms with Crippen LogP contribution < -0.4 is 16.4 Å². The molecule has 0 spiro atoms. The third-order valence-corrected chi connectivity index (χ3v) is 5.84. The SMILES string of the molecule is Nc1c(/C=C/c2cc3ccc(C4=NCCN4)cc3[nH]2)[nH]c2cc(C3=NCCN3)ccc12. The first-order valence-corrected chi connectivity index (χ1v) is 10.5. The van der Waals surface area contributed by atoms with Gasteiger partial charge in [-0.2, -0.15) is 0 Å². The average Bonchev–Trinajstić information content (AvgIpc) is 3.59. The third-order valence-electron chi connectivity index (χ3n) is 5.84. The molecule has 0 fully saturated rings. The van der Waals surface area contributed by atoms with Crippen LogP contribution in [0.25, 0.3) is 34.0 Å². The van der Waals surface area contributed by atoms with E-state index in [1.54, 1.807) is 0 Å². The van der Waals surface area contributed by atoms with Crippen LogP contribution in [0.4, 0.5) is 5.69 Å². The molecular weight excluding hydrogens is 386 g/mol. The zero-order valence-electron chi connectivity index (χ0n) is 17.0. The fourth-order valence-corrected chi connectivity index (χ4v) is 4.26. The number of nitrogens with one attached hydrogen (secondary N) is 4. The Kier molecular flexibility index (Phi) is 4.06. The normalized spacial score (nSPS) is 16.1. The van der Waals surface area contributed by atoms with Gasteiger partial charge in [0, 0.05) is 51.7 Å². The minimum atomic E-state index is 0.753. The highest BCUT2D eigenvalue weighted by Gasteiger charge is 2.12. The topological polar surface area (TPSA) is 106 Å². The van der Waals surface area contributed by atoms with Gasteiger partial charge in [-0.05, 0) is 30.4 Å². The Morgan fingerprint density at radius 2 is 1.48 bits per heavy atom. The van der Waals surface area contributed by atoms with Gasteiger partial charge in [-0.15, -0.1) is 0 Å². The number of hydrogen-bond acceptors (Lipinski definition) is 5. The summed E-state index contributed by atoms with van der Waals surface area (Å²) in [5.74, 6) is 1.92. The number of aliphatic imine (C=N–C) groups is 2. The summed E-state index contributed by atoms with van der Waals surface area (Å²) in [4.78, 5) is 15.9. The van der Waals surface area contributed by atoms with Crippen molar-refractivity contribution in [1.29, 1.82) is 0 Å². The van der Waals surface area contributed by atoms with Gasteiger partial charge >= 0.3 is 0 Å². The fraction of sp³-hybridized carbons (Fsp3) is 0.167. The number of amidine groups is 2. The van der Waals surface area contributed by atoms with Crippen molar-refractivity contribution < 1.29 is 0 Å². The predicted octanol–water partition coefficient (Wildman–Crippen LogP) is 3.10. The number of aromatic amines is 2. The molecule has 7 nitrogen and oxygen atoms in total. The van der Waals surface area contributed by atoms with Gasteiger partial charge in [-0.1, -0.05) is 24.3 Å². The van der Waals surface area contributed by atoms with Gasteiger partial charge in [0.25, 0.3) is 0 Å². The number of fused-ring (bicyclic) bond motifs is 2. The van der Waals surface area contributed by atoms with E-state index in [9.17, 15) is 0 Å².